The summed E-state index contributed by atoms with van der Waals surface area (Å²) in [5.41, 5.74) is 4.23. The van der Waals surface area contributed by atoms with E-state index in [-0.39, 0.29) is 56.8 Å². The number of amides is 4. The van der Waals surface area contributed by atoms with Crippen LogP contribution in [0.2, 0.25) is 0 Å². The number of ether oxygens (including phenoxy) is 1. The number of urea groups is 1. The SMILES string of the molecule is CC1(C)CC(=O)N[C@@H]2CCc3cc(F)ccc3N(Cc3ccc(cc3)-c3ccccc3CNC(=O)NCC(=O)OCCN1)C2=O. The average Bonchev–Trinajstić information content (AvgIpc) is 3.13. The van der Waals surface area contributed by atoms with E-state index in [4.69, 9.17) is 4.74 Å². The van der Waals surface area contributed by atoms with E-state index in [0.717, 1.165) is 22.3 Å². The van der Waals surface area contributed by atoms with E-state index in [1.807, 2.05) is 62.4 Å². The summed E-state index contributed by atoms with van der Waals surface area (Å²) >= 11 is 0. The van der Waals surface area contributed by atoms with Gasteiger partial charge in [-0.25, -0.2) is 9.18 Å². The van der Waals surface area contributed by atoms with Gasteiger partial charge in [-0.15, -0.1) is 0 Å². The molecule has 236 valence electrons. The zero-order chi connectivity index (χ0) is 32.0. The van der Waals surface area contributed by atoms with Crippen molar-refractivity contribution < 1.29 is 28.3 Å². The number of benzene rings is 3. The van der Waals surface area contributed by atoms with Crippen LogP contribution in [0.25, 0.3) is 11.1 Å². The van der Waals surface area contributed by atoms with Gasteiger partial charge in [0, 0.05) is 30.7 Å². The number of esters is 1. The second-order valence-corrected chi connectivity index (χ2v) is 12.0. The Morgan fingerprint density at radius 2 is 1.67 bits per heavy atom. The first-order chi connectivity index (χ1) is 21.6. The van der Waals surface area contributed by atoms with Gasteiger partial charge < -0.3 is 30.9 Å². The quantitative estimate of drug-likeness (QED) is 0.226. The topological polar surface area (TPSA) is 129 Å². The third-order valence-corrected chi connectivity index (χ3v) is 7.96. The van der Waals surface area contributed by atoms with Crippen molar-refractivity contribution in [2.24, 2.45) is 0 Å². The summed E-state index contributed by atoms with van der Waals surface area (Å²) < 4.78 is 19.5. The van der Waals surface area contributed by atoms with Crippen LogP contribution in [0.5, 0.6) is 0 Å². The zero-order valence-corrected chi connectivity index (χ0v) is 25.5. The summed E-state index contributed by atoms with van der Waals surface area (Å²) in [6.45, 7) is 4.19. The number of halogens is 1. The molecule has 3 aromatic carbocycles. The van der Waals surface area contributed by atoms with E-state index < -0.39 is 23.6 Å². The predicted molar refractivity (Wildman–Crippen MR) is 168 cm³/mol. The molecule has 0 radical (unpaired) electrons. The molecule has 0 fully saturated rings. The summed E-state index contributed by atoms with van der Waals surface area (Å²) in [4.78, 5) is 53.3. The van der Waals surface area contributed by atoms with Gasteiger partial charge in [-0.3, -0.25) is 14.4 Å². The Morgan fingerprint density at radius 1 is 0.911 bits per heavy atom. The number of nitrogens with zero attached hydrogens (tertiary/aromatic N) is 1. The molecule has 10 nitrogen and oxygen atoms in total. The van der Waals surface area contributed by atoms with Crippen molar-refractivity contribution in [2.75, 3.05) is 24.6 Å². The summed E-state index contributed by atoms with van der Waals surface area (Å²) in [5, 5.41) is 11.4. The fourth-order valence-corrected chi connectivity index (χ4v) is 5.68. The smallest absolute Gasteiger partial charge is 0.325 e. The van der Waals surface area contributed by atoms with Crippen molar-refractivity contribution in [3.63, 3.8) is 0 Å². The van der Waals surface area contributed by atoms with Gasteiger partial charge in [0.2, 0.25) is 11.8 Å². The van der Waals surface area contributed by atoms with Crippen LogP contribution in [-0.4, -0.2) is 55.1 Å². The molecule has 3 aliphatic rings. The number of hydrogen-bond donors (Lipinski definition) is 4. The van der Waals surface area contributed by atoms with Crippen LogP contribution in [0.3, 0.4) is 0 Å². The fraction of sp³-hybridized carbons (Fsp3) is 0.353. The second kappa shape index (κ2) is 13.9. The highest BCUT2D eigenvalue weighted by molar-refractivity contribution is 6.00. The van der Waals surface area contributed by atoms with Gasteiger partial charge in [0.25, 0.3) is 0 Å². The molecule has 0 saturated carbocycles. The number of carbonyl (C=O) groups is 4. The lowest BCUT2D eigenvalue weighted by atomic mass is 9.98. The summed E-state index contributed by atoms with van der Waals surface area (Å²) in [5.74, 6) is -1.55. The molecule has 0 saturated heterocycles. The van der Waals surface area contributed by atoms with Crippen LogP contribution < -0.4 is 26.2 Å². The van der Waals surface area contributed by atoms with Crippen molar-refractivity contribution in [3.05, 3.63) is 89.2 Å². The third kappa shape index (κ3) is 8.24. The van der Waals surface area contributed by atoms with E-state index in [1.54, 1.807) is 11.0 Å². The molecule has 6 rings (SSSR count). The molecule has 0 aliphatic carbocycles. The highest BCUT2D eigenvalue weighted by atomic mass is 19.1. The highest BCUT2D eigenvalue weighted by Crippen LogP contribution is 2.31. The monoisotopic (exact) mass is 615 g/mol. The van der Waals surface area contributed by atoms with Gasteiger partial charge in [-0.2, -0.15) is 0 Å². The molecule has 11 heteroatoms. The Hall–Kier alpha value is -4.77. The van der Waals surface area contributed by atoms with E-state index in [9.17, 15) is 23.6 Å². The maximum atomic E-state index is 14.2. The predicted octanol–water partition coefficient (Wildman–Crippen LogP) is 3.57. The molecular formula is C34H38FN5O5. The Bertz CT molecular complexity index is 1580. The fourth-order valence-electron chi connectivity index (χ4n) is 5.68. The van der Waals surface area contributed by atoms with E-state index in [0.29, 0.717) is 24.1 Å². The molecule has 0 spiro atoms. The van der Waals surface area contributed by atoms with Crippen LogP contribution in [0, 0.1) is 5.82 Å². The maximum absolute atomic E-state index is 14.2. The lowest BCUT2D eigenvalue weighted by Gasteiger charge is -2.29. The standard InChI is InChI=1S/C34H38FN5O5/c1-34(2)18-30(41)39-28-13-11-24-17-26(35)12-14-29(24)40(32(28)43)21-22-7-9-23(10-8-22)27-6-4-3-5-25(27)19-36-33(44)37-20-31(42)45-16-15-38-34/h3-10,12,14,17,28,38H,11,13,15-16,18-21H2,1-2H3,(H,39,41)(H2,36,37,44)/t28-/m1/s1. The van der Waals surface area contributed by atoms with Crippen molar-refractivity contribution in [1.82, 2.24) is 21.3 Å². The number of fused-ring (bicyclic) bond motifs is 16. The Kier molecular flexibility index (Phi) is 9.77. The van der Waals surface area contributed by atoms with Gasteiger partial charge in [-0.05, 0) is 72.7 Å². The minimum atomic E-state index is -0.788. The molecule has 3 aromatic rings. The number of anilines is 1. The number of carbonyl (C=O) groups excluding carboxylic acids is 4. The lowest BCUT2D eigenvalue weighted by Crippen LogP contribution is -2.51. The van der Waals surface area contributed by atoms with E-state index in [1.165, 1.54) is 12.1 Å². The van der Waals surface area contributed by atoms with Crippen molar-refractivity contribution in [3.8, 4) is 11.1 Å². The molecule has 1 atom stereocenters. The van der Waals surface area contributed by atoms with Crippen LogP contribution in [0.1, 0.15) is 43.4 Å². The van der Waals surface area contributed by atoms with Crippen LogP contribution >= 0.6 is 0 Å². The normalized spacial score (nSPS) is 19.9. The van der Waals surface area contributed by atoms with Gasteiger partial charge >= 0.3 is 12.0 Å². The van der Waals surface area contributed by atoms with Crippen molar-refractivity contribution in [1.29, 1.82) is 0 Å². The first-order valence-electron chi connectivity index (χ1n) is 15.1. The molecule has 4 N–H and O–H groups in total. The number of nitrogens with one attached hydrogen (secondary N) is 4. The lowest BCUT2D eigenvalue weighted by molar-refractivity contribution is -0.142. The number of hydrogen-bond acceptors (Lipinski definition) is 6. The molecule has 3 heterocycles. The van der Waals surface area contributed by atoms with Crippen LogP contribution in [-0.2, 0) is 38.6 Å². The molecule has 4 bridgehead atoms. The Morgan fingerprint density at radius 3 is 2.47 bits per heavy atom. The summed E-state index contributed by atoms with van der Waals surface area (Å²) in [6.07, 6.45) is 0.826. The first kappa shape index (κ1) is 31.6. The Labute approximate surface area is 261 Å². The van der Waals surface area contributed by atoms with E-state index >= 15 is 0 Å². The van der Waals surface area contributed by atoms with Gasteiger partial charge in [0.05, 0.1) is 6.54 Å². The maximum Gasteiger partial charge on any atom is 0.325 e. The van der Waals surface area contributed by atoms with Gasteiger partial charge in [0.1, 0.15) is 25.0 Å². The second-order valence-electron chi connectivity index (χ2n) is 12.0. The summed E-state index contributed by atoms with van der Waals surface area (Å²) in [7, 11) is 0. The van der Waals surface area contributed by atoms with Crippen LogP contribution in [0.15, 0.2) is 66.7 Å². The number of aryl methyl sites for hydroxylation is 1. The molecular weight excluding hydrogens is 577 g/mol. The minimum absolute atomic E-state index is 0.0456. The average molecular weight is 616 g/mol. The molecule has 4 amide bonds. The van der Waals surface area contributed by atoms with Gasteiger partial charge in [-0.1, -0.05) is 48.5 Å². The van der Waals surface area contributed by atoms with Crippen molar-refractivity contribution in [2.45, 2.75) is 57.8 Å². The van der Waals surface area contributed by atoms with E-state index in [2.05, 4.69) is 21.3 Å². The molecule has 3 aliphatic heterocycles. The highest BCUT2D eigenvalue weighted by Gasteiger charge is 2.33. The minimum Gasteiger partial charge on any atom is -0.463 e. The molecule has 45 heavy (non-hydrogen) atoms. The third-order valence-electron chi connectivity index (χ3n) is 7.96. The molecule has 0 aromatic heterocycles. The number of rotatable bonds is 0. The van der Waals surface area contributed by atoms with Crippen molar-refractivity contribution >= 4 is 29.5 Å². The Balaban J connectivity index is 1.44. The first-order valence-corrected chi connectivity index (χ1v) is 15.1. The largest absolute Gasteiger partial charge is 0.463 e. The molecule has 0 unspecified atom stereocenters. The van der Waals surface area contributed by atoms with Gasteiger partial charge in [0.15, 0.2) is 0 Å². The zero-order valence-electron chi connectivity index (χ0n) is 25.5. The summed E-state index contributed by atoms with van der Waals surface area (Å²) in [6, 6.07) is 18.5. The van der Waals surface area contributed by atoms with Crippen LogP contribution in [0.4, 0.5) is 14.9 Å².